The fraction of sp³-hybridized carbons (Fsp3) is 0.600. The van der Waals surface area contributed by atoms with E-state index >= 15 is 0 Å². The summed E-state index contributed by atoms with van der Waals surface area (Å²) in [4.78, 5) is 0. The van der Waals surface area contributed by atoms with Gasteiger partial charge in [-0.15, -0.1) is 0 Å². The van der Waals surface area contributed by atoms with E-state index in [0.717, 1.165) is 37.8 Å². The number of hydrogen-bond donors (Lipinski definition) is 2. The van der Waals surface area contributed by atoms with Gasteiger partial charge in [0, 0.05) is 27.6 Å². The number of benzene rings is 1. The van der Waals surface area contributed by atoms with E-state index < -0.39 is 5.60 Å². The van der Waals surface area contributed by atoms with Crippen LogP contribution in [0.3, 0.4) is 0 Å². The largest absolute Gasteiger partial charge is 0.389 e. The molecule has 1 aliphatic heterocycles. The highest BCUT2D eigenvalue weighted by molar-refractivity contribution is 6.36. The smallest absolute Gasteiger partial charge is 0.0706 e. The van der Waals surface area contributed by atoms with E-state index in [2.05, 4.69) is 5.32 Å². The number of aliphatic hydroxyl groups is 1. The molecule has 1 aromatic rings. The molecule has 2 aliphatic rings. The highest BCUT2D eigenvalue weighted by Gasteiger charge is 2.46. The molecule has 0 bridgehead atoms. The van der Waals surface area contributed by atoms with Gasteiger partial charge in [0.2, 0.25) is 0 Å². The van der Waals surface area contributed by atoms with Crippen molar-refractivity contribution in [2.45, 2.75) is 43.7 Å². The first-order chi connectivity index (χ1) is 9.12. The maximum atomic E-state index is 10.9. The topological polar surface area (TPSA) is 32.3 Å². The molecule has 1 saturated carbocycles. The lowest BCUT2D eigenvalue weighted by molar-refractivity contribution is -0.0861. The van der Waals surface area contributed by atoms with Gasteiger partial charge >= 0.3 is 0 Å². The molecule has 1 heterocycles. The molecular formula is C15H19Cl2NO. The monoisotopic (exact) mass is 299 g/mol. The summed E-state index contributed by atoms with van der Waals surface area (Å²) in [5, 5.41) is 15.8. The Balaban J connectivity index is 1.99. The van der Waals surface area contributed by atoms with E-state index in [1.807, 2.05) is 18.2 Å². The van der Waals surface area contributed by atoms with Crippen LogP contribution in [0, 0.1) is 5.92 Å². The van der Waals surface area contributed by atoms with Crippen LogP contribution in [0.1, 0.15) is 43.7 Å². The molecule has 2 fully saturated rings. The molecule has 1 saturated heterocycles. The summed E-state index contributed by atoms with van der Waals surface area (Å²) in [7, 11) is 0. The second kappa shape index (κ2) is 5.25. The zero-order chi connectivity index (χ0) is 13.5. The number of nitrogens with one attached hydrogen (secondary N) is 1. The van der Waals surface area contributed by atoms with Gasteiger partial charge in [-0.1, -0.05) is 42.1 Å². The van der Waals surface area contributed by atoms with E-state index in [-0.39, 0.29) is 12.0 Å². The third-order valence-electron chi connectivity index (χ3n) is 4.70. The fourth-order valence-electron chi connectivity index (χ4n) is 3.73. The molecule has 2 nitrogen and oxygen atoms in total. The van der Waals surface area contributed by atoms with Crippen LogP contribution in [-0.4, -0.2) is 17.3 Å². The lowest BCUT2D eigenvalue weighted by Gasteiger charge is -2.48. The lowest BCUT2D eigenvalue weighted by atomic mass is 9.67. The van der Waals surface area contributed by atoms with Crippen LogP contribution in [0.5, 0.6) is 0 Å². The first kappa shape index (κ1) is 13.7. The van der Waals surface area contributed by atoms with E-state index in [9.17, 15) is 5.11 Å². The minimum Gasteiger partial charge on any atom is -0.389 e. The second-order valence-electron chi connectivity index (χ2n) is 5.77. The standard InChI is InChI=1S/C15H19Cl2NO/c16-11-5-3-6-12(17)13(11)14-10-4-1-2-7-15(10,19)8-9-18-14/h3,5-6,10,14,18-19H,1-2,4,7-9H2/t10-,14-,15-/m1/s1. The van der Waals surface area contributed by atoms with Crippen molar-refractivity contribution in [2.24, 2.45) is 5.92 Å². The quantitative estimate of drug-likeness (QED) is 0.823. The number of piperidine rings is 1. The van der Waals surface area contributed by atoms with Gasteiger partial charge in [0.1, 0.15) is 0 Å². The molecule has 0 spiro atoms. The molecule has 4 heteroatoms. The van der Waals surface area contributed by atoms with Gasteiger partial charge in [0.05, 0.1) is 5.60 Å². The highest BCUT2D eigenvalue weighted by Crippen LogP contribution is 2.48. The Morgan fingerprint density at radius 3 is 2.63 bits per heavy atom. The minimum absolute atomic E-state index is 0.0697. The average molecular weight is 300 g/mol. The number of hydrogen-bond acceptors (Lipinski definition) is 2. The SMILES string of the molecule is O[C@@]12CCCC[C@@H]1[C@H](c1c(Cl)cccc1Cl)NCC2. The zero-order valence-corrected chi connectivity index (χ0v) is 12.3. The van der Waals surface area contributed by atoms with Crippen LogP contribution in [0.2, 0.25) is 10.0 Å². The predicted molar refractivity (Wildman–Crippen MR) is 78.7 cm³/mol. The lowest BCUT2D eigenvalue weighted by Crippen LogP contribution is -2.53. The van der Waals surface area contributed by atoms with Crippen LogP contribution in [0.25, 0.3) is 0 Å². The molecule has 3 rings (SSSR count). The zero-order valence-electron chi connectivity index (χ0n) is 10.8. The van der Waals surface area contributed by atoms with E-state index in [4.69, 9.17) is 23.2 Å². The first-order valence-corrected chi connectivity index (χ1v) is 7.77. The van der Waals surface area contributed by atoms with Crippen molar-refractivity contribution in [3.05, 3.63) is 33.8 Å². The average Bonchev–Trinajstić information content (AvgIpc) is 2.38. The van der Waals surface area contributed by atoms with Crippen molar-refractivity contribution >= 4 is 23.2 Å². The van der Waals surface area contributed by atoms with Crippen molar-refractivity contribution in [1.29, 1.82) is 0 Å². The molecular weight excluding hydrogens is 281 g/mol. The van der Waals surface area contributed by atoms with Gasteiger partial charge in [-0.3, -0.25) is 0 Å². The molecule has 3 atom stereocenters. The molecule has 2 N–H and O–H groups in total. The summed E-state index contributed by atoms with van der Waals surface area (Å²) in [5.41, 5.74) is 0.410. The van der Waals surface area contributed by atoms with Gasteiger partial charge in [0.25, 0.3) is 0 Å². The third-order valence-corrected chi connectivity index (χ3v) is 5.36. The molecule has 1 aliphatic carbocycles. The van der Waals surface area contributed by atoms with Crippen LogP contribution in [0.4, 0.5) is 0 Å². The number of halogens is 2. The van der Waals surface area contributed by atoms with Crippen LogP contribution in [0.15, 0.2) is 18.2 Å². The molecule has 0 aromatic heterocycles. The maximum Gasteiger partial charge on any atom is 0.0706 e. The van der Waals surface area contributed by atoms with Crippen LogP contribution in [-0.2, 0) is 0 Å². The van der Waals surface area contributed by atoms with Crippen molar-refractivity contribution in [1.82, 2.24) is 5.32 Å². The molecule has 1 aromatic carbocycles. The Morgan fingerprint density at radius 2 is 1.89 bits per heavy atom. The van der Waals surface area contributed by atoms with E-state index in [1.165, 1.54) is 6.42 Å². The first-order valence-electron chi connectivity index (χ1n) is 7.01. The Morgan fingerprint density at radius 1 is 1.16 bits per heavy atom. The molecule has 0 amide bonds. The third kappa shape index (κ3) is 2.40. The molecule has 0 radical (unpaired) electrons. The van der Waals surface area contributed by atoms with Crippen molar-refractivity contribution in [3.63, 3.8) is 0 Å². The summed E-state index contributed by atoms with van der Waals surface area (Å²) in [6.07, 6.45) is 5.06. The number of rotatable bonds is 1. The summed E-state index contributed by atoms with van der Waals surface area (Å²) in [6, 6.07) is 5.69. The van der Waals surface area contributed by atoms with Gasteiger partial charge in [-0.25, -0.2) is 0 Å². The summed E-state index contributed by atoms with van der Waals surface area (Å²) >= 11 is 12.7. The fourth-order valence-corrected chi connectivity index (χ4v) is 4.37. The van der Waals surface area contributed by atoms with Crippen LogP contribution < -0.4 is 5.32 Å². The Bertz CT molecular complexity index is 455. The maximum absolute atomic E-state index is 10.9. The normalized spacial score (nSPS) is 34.9. The minimum atomic E-state index is -0.545. The van der Waals surface area contributed by atoms with Crippen molar-refractivity contribution < 1.29 is 5.11 Å². The molecule has 104 valence electrons. The Labute approximate surface area is 124 Å². The molecule has 0 unspecified atom stereocenters. The van der Waals surface area contributed by atoms with E-state index in [1.54, 1.807) is 0 Å². The second-order valence-corrected chi connectivity index (χ2v) is 6.59. The summed E-state index contributed by atoms with van der Waals surface area (Å²) < 4.78 is 0. The Hall–Kier alpha value is -0.280. The van der Waals surface area contributed by atoms with Gasteiger partial charge in [0.15, 0.2) is 0 Å². The van der Waals surface area contributed by atoms with Crippen LogP contribution >= 0.6 is 23.2 Å². The highest BCUT2D eigenvalue weighted by atomic mass is 35.5. The van der Waals surface area contributed by atoms with Crippen molar-refractivity contribution in [2.75, 3.05) is 6.54 Å². The van der Waals surface area contributed by atoms with Gasteiger partial charge < -0.3 is 10.4 Å². The van der Waals surface area contributed by atoms with Crippen molar-refractivity contribution in [3.8, 4) is 0 Å². The van der Waals surface area contributed by atoms with Gasteiger partial charge in [-0.2, -0.15) is 0 Å². The Kier molecular flexibility index (Phi) is 3.78. The van der Waals surface area contributed by atoms with E-state index in [0.29, 0.717) is 10.0 Å². The molecule has 19 heavy (non-hydrogen) atoms. The summed E-state index contributed by atoms with van der Waals surface area (Å²) in [5.74, 6) is 0.215. The number of fused-ring (bicyclic) bond motifs is 1. The van der Waals surface area contributed by atoms with Gasteiger partial charge in [-0.05, 0) is 37.9 Å². The predicted octanol–water partition coefficient (Wildman–Crippen LogP) is 3.95. The summed E-state index contributed by atoms with van der Waals surface area (Å²) in [6.45, 7) is 0.819.